The molecule has 3 aromatic rings. The minimum Gasteiger partial charge on any atom is -0.341 e. The molecule has 0 aliphatic carbocycles. The third kappa shape index (κ3) is 4.57. The molecule has 1 amide bonds. The lowest BCUT2D eigenvalue weighted by atomic mass is 9.99. The first-order valence-electron chi connectivity index (χ1n) is 8.75. The molecule has 0 aliphatic rings. The SMILES string of the molecule is CN(Cc1ccccc1-c1ccccc1)C(=O)CCc1cccc(F)c1. The van der Waals surface area contributed by atoms with Gasteiger partial charge in [0.15, 0.2) is 0 Å². The maximum Gasteiger partial charge on any atom is 0.222 e. The molecule has 0 N–H and O–H groups in total. The highest BCUT2D eigenvalue weighted by Gasteiger charge is 2.12. The van der Waals surface area contributed by atoms with Gasteiger partial charge < -0.3 is 4.90 Å². The zero-order valence-corrected chi connectivity index (χ0v) is 14.9. The average molecular weight is 347 g/mol. The molecule has 0 aliphatic heterocycles. The van der Waals surface area contributed by atoms with Crippen LogP contribution in [0.15, 0.2) is 78.9 Å². The van der Waals surface area contributed by atoms with Gasteiger partial charge in [-0.2, -0.15) is 0 Å². The maximum atomic E-state index is 13.2. The van der Waals surface area contributed by atoms with Crippen LogP contribution in [0.5, 0.6) is 0 Å². The topological polar surface area (TPSA) is 20.3 Å². The Kier molecular flexibility index (Phi) is 5.80. The molecular formula is C23H22FNO. The highest BCUT2D eigenvalue weighted by molar-refractivity contribution is 5.77. The molecule has 26 heavy (non-hydrogen) atoms. The minimum atomic E-state index is -0.264. The second-order valence-corrected chi connectivity index (χ2v) is 6.40. The van der Waals surface area contributed by atoms with Crippen LogP contribution in [0.4, 0.5) is 4.39 Å². The Hall–Kier alpha value is -2.94. The third-order valence-electron chi connectivity index (χ3n) is 4.45. The van der Waals surface area contributed by atoms with Crippen molar-refractivity contribution in [3.05, 3.63) is 95.8 Å². The summed E-state index contributed by atoms with van der Waals surface area (Å²) in [5, 5.41) is 0. The van der Waals surface area contributed by atoms with Crippen LogP contribution in [0.2, 0.25) is 0 Å². The normalized spacial score (nSPS) is 10.5. The van der Waals surface area contributed by atoms with Crippen molar-refractivity contribution in [2.45, 2.75) is 19.4 Å². The molecule has 0 saturated carbocycles. The van der Waals surface area contributed by atoms with Crippen molar-refractivity contribution in [2.24, 2.45) is 0 Å². The van der Waals surface area contributed by atoms with Crippen molar-refractivity contribution in [3.8, 4) is 11.1 Å². The van der Waals surface area contributed by atoms with Gasteiger partial charge in [0.25, 0.3) is 0 Å². The van der Waals surface area contributed by atoms with Gasteiger partial charge in [-0.3, -0.25) is 4.79 Å². The highest BCUT2D eigenvalue weighted by atomic mass is 19.1. The quantitative estimate of drug-likeness (QED) is 0.609. The first-order chi connectivity index (χ1) is 12.6. The lowest BCUT2D eigenvalue weighted by Crippen LogP contribution is -2.26. The molecule has 132 valence electrons. The standard InChI is InChI=1S/C23H22FNO/c1-25(23(26)15-14-18-8-7-12-21(24)16-18)17-20-11-5-6-13-22(20)19-9-3-2-4-10-19/h2-13,16H,14-15,17H2,1H3. The van der Waals surface area contributed by atoms with Crippen LogP contribution >= 0.6 is 0 Å². The van der Waals surface area contributed by atoms with Gasteiger partial charge in [-0.05, 0) is 40.8 Å². The maximum absolute atomic E-state index is 13.2. The summed E-state index contributed by atoms with van der Waals surface area (Å²) in [6.07, 6.45) is 0.911. The molecule has 0 atom stereocenters. The molecule has 3 rings (SSSR count). The van der Waals surface area contributed by atoms with Crippen molar-refractivity contribution in [1.29, 1.82) is 0 Å². The van der Waals surface area contributed by atoms with Gasteiger partial charge in [-0.25, -0.2) is 4.39 Å². The van der Waals surface area contributed by atoms with E-state index in [0.717, 1.165) is 22.3 Å². The van der Waals surface area contributed by atoms with E-state index in [-0.39, 0.29) is 11.7 Å². The minimum absolute atomic E-state index is 0.0529. The van der Waals surface area contributed by atoms with Gasteiger partial charge in [0.1, 0.15) is 5.82 Å². The van der Waals surface area contributed by atoms with E-state index in [1.807, 2.05) is 43.4 Å². The lowest BCUT2D eigenvalue weighted by Gasteiger charge is -2.19. The van der Waals surface area contributed by atoms with Gasteiger partial charge >= 0.3 is 0 Å². The van der Waals surface area contributed by atoms with Gasteiger partial charge in [0.2, 0.25) is 5.91 Å². The number of hydrogen-bond donors (Lipinski definition) is 0. The Morgan fingerprint density at radius 3 is 2.42 bits per heavy atom. The molecule has 3 aromatic carbocycles. The van der Waals surface area contributed by atoms with Gasteiger partial charge in [-0.1, -0.05) is 66.7 Å². The van der Waals surface area contributed by atoms with E-state index in [9.17, 15) is 9.18 Å². The van der Waals surface area contributed by atoms with Gasteiger partial charge in [-0.15, -0.1) is 0 Å². The summed E-state index contributed by atoms with van der Waals surface area (Å²) in [4.78, 5) is 14.2. The Morgan fingerprint density at radius 2 is 1.65 bits per heavy atom. The fraction of sp³-hybridized carbons (Fsp3) is 0.174. The zero-order chi connectivity index (χ0) is 18.4. The molecule has 0 bridgehead atoms. The van der Waals surface area contributed by atoms with E-state index in [1.54, 1.807) is 11.0 Å². The number of hydrogen-bond acceptors (Lipinski definition) is 1. The van der Waals surface area contributed by atoms with Crippen LogP contribution in [-0.2, 0) is 17.8 Å². The monoisotopic (exact) mass is 347 g/mol. The summed E-state index contributed by atoms with van der Waals surface area (Å²) in [7, 11) is 1.82. The number of rotatable bonds is 6. The first-order valence-corrected chi connectivity index (χ1v) is 8.75. The van der Waals surface area contributed by atoms with Crippen LogP contribution in [0.3, 0.4) is 0 Å². The number of nitrogens with zero attached hydrogens (tertiary/aromatic N) is 1. The van der Waals surface area contributed by atoms with E-state index in [4.69, 9.17) is 0 Å². The summed E-state index contributed by atoms with van der Waals surface area (Å²) in [5.74, 6) is -0.211. The molecular weight excluding hydrogens is 325 g/mol. The molecule has 0 aromatic heterocycles. The Bertz CT molecular complexity index is 876. The summed E-state index contributed by atoms with van der Waals surface area (Å²) in [5.41, 5.74) is 4.23. The zero-order valence-electron chi connectivity index (χ0n) is 14.9. The van der Waals surface area contributed by atoms with Crippen molar-refractivity contribution >= 4 is 5.91 Å². The number of halogens is 1. The summed E-state index contributed by atoms with van der Waals surface area (Å²) in [6, 6.07) is 24.7. The van der Waals surface area contributed by atoms with Crippen LogP contribution in [0.1, 0.15) is 17.5 Å². The van der Waals surface area contributed by atoms with Crippen LogP contribution in [0.25, 0.3) is 11.1 Å². The van der Waals surface area contributed by atoms with Gasteiger partial charge in [0.05, 0.1) is 0 Å². The predicted molar refractivity (Wildman–Crippen MR) is 103 cm³/mol. The highest BCUT2D eigenvalue weighted by Crippen LogP contribution is 2.24. The second kappa shape index (κ2) is 8.43. The van der Waals surface area contributed by atoms with Crippen LogP contribution in [0, 0.1) is 5.82 Å². The number of carbonyl (C=O) groups is 1. The van der Waals surface area contributed by atoms with Crippen LogP contribution < -0.4 is 0 Å². The smallest absolute Gasteiger partial charge is 0.222 e. The van der Waals surface area contributed by atoms with E-state index in [2.05, 4.69) is 24.3 Å². The third-order valence-corrected chi connectivity index (χ3v) is 4.45. The van der Waals surface area contributed by atoms with Crippen molar-refractivity contribution in [2.75, 3.05) is 7.05 Å². The van der Waals surface area contributed by atoms with Crippen molar-refractivity contribution in [3.63, 3.8) is 0 Å². The molecule has 0 radical (unpaired) electrons. The fourth-order valence-electron chi connectivity index (χ4n) is 3.04. The number of aryl methyl sites for hydroxylation is 1. The Morgan fingerprint density at radius 1 is 0.923 bits per heavy atom. The van der Waals surface area contributed by atoms with E-state index >= 15 is 0 Å². The largest absolute Gasteiger partial charge is 0.341 e. The lowest BCUT2D eigenvalue weighted by molar-refractivity contribution is -0.130. The van der Waals surface area contributed by atoms with Crippen molar-refractivity contribution < 1.29 is 9.18 Å². The number of benzene rings is 3. The second-order valence-electron chi connectivity index (χ2n) is 6.40. The van der Waals surface area contributed by atoms with Crippen LogP contribution in [-0.4, -0.2) is 17.9 Å². The average Bonchev–Trinajstić information content (AvgIpc) is 2.67. The molecule has 2 nitrogen and oxygen atoms in total. The Labute approximate surface area is 153 Å². The summed E-state index contributed by atoms with van der Waals surface area (Å²) < 4.78 is 13.2. The summed E-state index contributed by atoms with van der Waals surface area (Å²) >= 11 is 0. The Balaban J connectivity index is 1.66. The molecule has 3 heteroatoms. The number of amides is 1. The molecule has 0 saturated heterocycles. The first kappa shape index (κ1) is 17.9. The predicted octanol–water partition coefficient (Wildman–Crippen LogP) is 5.08. The fourth-order valence-corrected chi connectivity index (χ4v) is 3.04. The van der Waals surface area contributed by atoms with Crippen molar-refractivity contribution in [1.82, 2.24) is 4.90 Å². The van der Waals surface area contributed by atoms with Gasteiger partial charge in [0, 0.05) is 20.0 Å². The van der Waals surface area contributed by atoms with E-state index in [1.165, 1.54) is 12.1 Å². The molecule has 0 fully saturated rings. The van der Waals surface area contributed by atoms with E-state index in [0.29, 0.717) is 19.4 Å². The molecule has 0 unspecified atom stereocenters. The van der Waals surface area contributed by atoms with E-state index < -0.39 is 0 Å². The number of carbonyl (C=O) groups excluding carboxylic acids is 1. The molecule has 0 heterocycles. The summed E-state index contributed by atoms with van der Waals surface area (Å²) in [6.45, 7) is 0.549. The molecule has 0 spiro atoms.